The fraction of sp³-hybridized carbons (Fsp3) is 0.350. The highest BCUT2D eigenvalue weighted by atomic mass is 32.2. The van der Waals surface area contributed by atoms with E-state index in [4.69, 9.17) is 4.74 Å². The molecule has 2 aromatic rings. The minimum Gasteiger partial charge on any atom is -0.496 e. The van der Waals surface area contributed by atoms with E-state index < -0.39 is 10.0 Å². The van der Waals surface area contributed by atoms with Gasteiger partial charge in [0, 0.05) is 7.05 Å². The number of likely N-dealkylation sites (N-methyl/N-ethyl adjacent to an activating group) is 1. The minimum absolute atomic E-state index is 0.165. The summed E-state index contributed by atoms with van der Waals surface area (Å²) in [5, 5.41) is 2.92. The largest absolute Gasteiger partial charge is 0.496 e. The van der Waals surface area contributed by atoms with Crippen LogP contribution in [0.2, 0.25) is 0 Å². The summed E-state index contributed by atoms with van der Waals surface area (Å²) < 4.78 is 31.4. The molecule has 0 spiro atoms. The van der Waals surface area contributed by atoms with Crippen LogP contribution < -0.4 is 10.1 Å². The lowest BCUT2D eigenvalue weighted by Gasteiger charge is -2.21. The molecule has 0 bridgehead atoms. The molecule has 1 atom stereocenters. The standard InChI is InChI=1S/C20H26N2O4S/c1-5-18(16-11-12-19(26-4)15(2)13-16)21-20(23)14-22(3)27(24,25)17-9-7-6-8-10-17/h6-13,18H,5,14H2,1-4H3,(H,21,23). The average molecular weight is 391 g/mol. The quantitative estimate of drug-likeness (QED) is 0.752. The van der Waals surface area contributed by atoms with E-state index >= 15 is 0 Å². The van der Waals surface area contributed by atoms with E-state index in [2.05, 4.69) is 5.32 Å². The Balaban J connectivity index is 2.08. The first kappa shape index (κ1) is 20.9. The Bertz CT molecular complexity index is 882. The SMILES string of the molecule is CCC(NC(=O)CN(C)S(=O)(=O)c1ccccc1)c1ccc(OC)c(C)c1. The van der Waals surface area contributed by atoms with Gasteiger partial charge < -0.3 is 10.1 Å². The molecule has 0 fully saturated rings. The van der Waals surface area contributed by atoms with Gasteiger partial charge in [0.1, 0.15) is 5.75 Å². The Morgan fingerprint density at radius 2 is 1.85 bits per heavy atom. The predicted octanol–water partition coefficient (Wildman–Crippen LogP) is 2.89. The molecule has 6 nitrogen and oxygen atoms in total. The molecule has 0 heterocycles. The number of ether oxygens (including phenoxy) is 1. The van der Waals surface area contributed by atoms with Crippen LogP contribution in [0, 0.1) is 6.92 Å². The van der Waals surface area contributed by atoms with Crippen molar-refractivity contribution in [1.82, 2.24) is 9.62 Å². The maximum atomic E-state index is 12.5. The van der Waals surface area contributed by atoms with Gasteiger partial charge in [0.15, 0.2) is 0 Å². The maximum absolute atomic E-state index is 12.5. The Labute approximate surface area is 161 Å². The van der Waals surface area contributed by atoms with Gasteiger partial charge in [-0.3, -0.25) is 4.79 Å². The van der Waals surface area contributed by atoms with Crippen LogP contribution in [-0.4, -0.2) is 39.3 Å². The van der Waals surface area contributed by atoms with E-state index in [1.54, 1.807) is 25.3 Å². The van der Waals surface area contributed by atoms with Crippen molar-refractivity contribution >= 4 is 15.9 Å². The van der Waals surface area contributed by atoms with E-state index in [1.807, 2.05) is 32.0 Å². The molecule has 1 amide bonds. The number of carbonyl (C=O) groups is 1. The van der Waals surface area contributed by atoms with Crippen molar-refractivity contribution in [2.24, 2.45) is 0 Å². The first-order valence-electron chi connectivity index (χ1n) is 8.74. The molecule has 27 heavy (non-hydrogen) atoms. The van der Waals surface area contributed by atoms with Crippen LogP contribution in [0.25, 0.3) is 0 Å². The molecule has 146 valence electrons. The van der Waals surface area contributed by atoms with Gasteiger partial charge in [0.25, 0.3) is 0 Å². The van der Waals surface area contributed by atoms with Crippen LogP contribution in [0.1, 0.15) is 30.5 Å². The van der Waals surface area contributed by atoms with Gasteiger partial charge in [0.2, 0.25) is 15.9 Å². The highest BCUT2D eigenvalue weighted by Gasteiger charge is 2.23. The fourth-order valence-electron chi connectivity index (χ4n) is 2.84. The van der Waals surface area contributed by atoms with E-state index in [0.29, 0.717) is 6.42 Å². The Hall–Kier alpha value is -2.38. The van der Waals surface area contributed by atoms with Crippen molar-refractivity contribution < 1.29 is 17.9 Å². The van der Waals surface area contributed by atoms with Crippen LogP contribution in [0.4, 0.5) is 0 Å². The molecule has 1 N–H and O–H groups in total. The monoisotopic (exact) mass is 390 g/mol. The second-order valence-electron chi connectivity index (χ2n) is 6.33. The van der Waals surface area contributed by atoms with Gasteiger partial charge in [-0.05, 0) is 42.7 Å². The predicted molar refractivity (Wildman–Crippen MR) is 105 cm³/mol. The molecule has 0 saturated heterocycles. The topological polar surface area (TPSA) is 75.7 Å². The molecule has 0 aliphatic rings. The second kappa shape index (κ2) is 9.01. The smallest absolute Gasteiger partial charge is 0.243 e. The van der Waals surface area contributed by atoms with Gasteiger partial charge in [-0.1, -0.05) is 37.3 Å². The molecule has 0 radical (unpaired) electrons. The highest BCUT2D eigenvalue weighted by molar-refractivity contribution is 7.89. The number of nitrogens with one attached hydrogen (secondary N) is 1. The zero-order chi connectivity index (χ0) is 20.0. The fourth-order valence-corrected chi connectivity index (χ4v) is 3.99. The van der Waals surface area contributed by atoms with Crippen molar-refractivity contribution in [2.75, 3.05) is 20.7 Å². The van der Waals surface area contributed by atoms with Crippen LogP contribution >= 0.6 is 0 Å². The summed E-state index contributed by atoms with van der Waals surface area (Å²) >= 11 is 0. The average Bonchev–Trinajstić information content (AvgIpc) is 2.66. The van der Waals surface area contributed by atoms with Crippen LogP contribution in [0.15, 0.2) is 53.4 Å². The summed E-state index contributed by atoms with van der Waals surface area (Å²) in [6.07, 6.45) is 0.687. The molecule has 2 rings (SSSR count). The van der Waals surface area contributed by atoms with Gasteiger partial charge in [-0.2, -0.15) is 4.31 Å². The first-order valence-corrected chi connectivity index (χ1v) is 10.2. The van der Waals surface area contributed by atoms with Crippen molar-refractivity contribution in [3.8, 4) is 5.75 Å². The normalized spacial score (nSPS) is 12.6. The Morgan fingerprint density at radius 3 is 2.41 bits per heavy atom. The molecule has 1 unspecified atom stereocenters. The number of aryl methyl sites for hydroxylation is 1. The zero-order valence-corrected chi connectivity index (χ0v) is 16.9. The second-order valence-corrected chi connectivity index (χ2v) is 8.38. The number of benzene rings is 2. The Morgan fingerprint density at radius 1 is 1.19 bits per heavy atom. The van der Waals surface area contributed by atoms with Gasteiger partial charge in [-0.15, -0.1) is 0 Å². The molecule has 0 aromatic heterocycles. The van der Waals surface area contributed by atoms with Gasteiger partial charge in [-0.25, -0.2) is 8.42 Å². The summed E-state index contributed by atoms with van der Waals surface area (Å²) in [5.41, 5.74) is 1.93. The molecule has 0 aliphatic heterocycles. The molecular weight excluding hydrogens is 364 g/mol. The van der Waals surface area contributed by atoms with Crippen LogP contribution in [0.5, 0.6) is 5.75 Å². The summed E-state index contributed by atoms with van der Waals surface area (Å²) in [6, 6.07) is 13.6. The lowest BCUT2D eigenvalue weighted by atomic mass is 10.0. The van der Waals surface area contributed by atoms with E-state index in [-0.39, 0.29) is 23.4 Å². The number of methoxy groups -OCH3 is 1. The molecule has 0 saturated carbocycles. The third-order valence-electron chi connectivity index (χ3n) is 4.38. The van der Waals surface area contributed by atoms with Crippen molar-refractivity contribution in [1.29, 1.82) is 0 Å². The number of hydrogen-bond acceptors (Lipinski definition) is 4. The number of hydrogen-bond donors (Lipinski definition) is 1. The number of amides is 1. The lowest BCUT2D eigenvalue weighted by molar-refractivity contribution is -0.121. The van der Waals surface area contributed by atoms with Crippen molar-refractivity contribution in [3.63, 3.8) is 0 Å². The summed E-state index contributed by atoms with van der Waals surface area (Å²) in [6.45, 7) is 3.66. The van der Waals surface area contributed by atoms with Crippen LogP contribution in [0.3, 0.4) is 0 Å². The molecular formula is C20H26N2O4S. The third-order valence-corrected chi connectivity index (χ3v) is 6.20. The number of carbonyl (C=O) groups excluding carboxylic acids is 1. The van der Waals surface area contributed by atoms with Gasteiger partial charge in [0.05, 0.1) is 24.6 Å². The van der Waals surface area contributed by atoms with Crippen molar-refractivity contribution in [2.45, 2.75) is 31.2 Å². The maximum Gasteiger partial charge on any atom is 0.243 e. The van der Waals surface area contributed by atoms with Crippen molar-refractivity contribution in [3.05, 3.63) is 59.7 Å². The minimum atomic E-state index is -3.70. The third kappa shape index (κ3) is 5.08. The highest BCUT2D eigenvalue weighted by Crippen LogP contribution is 2.24. The van der Waals surface area contributed by atoms with E-state index in [9.17, 15) is 13.2 Å². The van der Waals surface area contributed by atoms with Gasteiger partial charge >= 0.3 is 0 Å². The number of rotatable bonds is 8. The van der Waals surface area contributed by atoms with Crippen LogP contribution in [-0.2, 0) is 14.8 Å². The zero-order valence-electron chi connectivity index (χ0n) is 16.1. The first-order chi connectivity index (χ1) is 12.8. The summed E-state index contributed by atoms with van der Waals surface area (Å²) in [4.78, 5) is 12.6. The molecule has 2 aromatic carbocycles. The number of sulfonamides is 1. The summed E-state index contributed by atoms with van der Waals surface area (Å²) in [7, 11) is -0.683. The van der Waals surface area contributed by atoms with E-state index in [0.717, 1.165) is 21.2 Å². The number of nitrogens with zero attached hydrogens (tertiary/aromatic N) is 1. The lowest BCUT2D eigenvalue weighted by Crippen LogP contribution is -2.39. The Kier molecular flexibility index (Phi) is 6.98. The molecule has 0 aliphatic carbocycles. The van der Waals surface area contributed by atoms with E-state index in [1.165, 1.54) is 19.2 Å². The summed E-state index contributed by atoms with van der Waals surface area (Å²) in [5.74, 6) is 0.436. The molecule has 7 heteroatoms.